The first-order valence-corrected chi connectivity index (χ1v) is 6.88. The second-order valence-electron chi connectivity index (χ2n) is 4.74. The van der Waals surface area contributed by atoms with Gasteiger partial charge in [-0.2, -0.15) is 11.8 Å². The monoisotopic (exact) mass is 214 g/mol. The maximum absolute atomic E-state index is 3.52. The van der Waals surface area contributed by atoms with Crippen LogP contribution in [0.25, 0.3) is 0 Å². The van der Waals surface area contributed by atoms with Crippen molar-refractivity contribution < 1.29 is 0 Å². The van der Waals surface area contributed by atoms with Crippen molar-refractivity contribution in [2.45, 2.75) is 31.6 Å². The highest BCUT2D eigenvalue weighted by molar-refractivity contribution is 8.00. The fourth-order valence-electron chi connectivity index (χ4n) is 2.63. The van der Waals surface area contributed by atoms with Crippen LogP contribution in [0, 0.1) is 5.92 Å². The molecule has 82 valence electrons. The van der Waals surface area contributed by atoms with Crippen molar-refractivity contribution in [2.24, 2.45) is 5.92 Å². The van der Waals surface area contributed by atoms with E-state index in [4.69, 9.17) is 0 Å². The number of hydrogen-bond donors (Lipinski definition) is 1. The van der Waals surface area contributed by atoms with Crippen LogP contribution in [0.4, 0.5) is 0 Å². The first-order chi connectivity index (χ1) is 6.77. The highest BCUT2D eigenvalue weighted by atomic mass is 32.2. The largest absolute Gasteiger partial charge is 0.315 e. The summed E-state index contributed by atoms with van der Waals surface area (Å²) in [7, 11) is 0. The van der Waals surface area contributed by atoms with Gasteiger partial charge in [-0.1, -0.05) is 13.8 Å². The Hall–Kier alpha value is 0.270. The van der Waals surface area contributed by atoms with Crippen LogP contribution in [0.3, 0.4) is 0 Å². The highest BCUT2D eigenvalue weighted by Crippen LogP contribution is 2.30. The lowest BCUT2D eigenvalue weighted by Gasteiger charge is -2.31. The Morgan fingerprint density at radius 1 is 1.36 bits per heavy atom. The molecule has 0 aromatic heterocycles. The van der Waals surface area contributed by atoms with Crippen LogP contribution < -0.4 is 5.32 Å². The Bertz CT molecular complexity index is 186. The molecule has 2 rings (SSSR count). The van der Waals surface area contributed by atoms with Gasteiger partial charge < -0.3 is 5.32 Å². The zero-order valence-corrected chi connectivity index (χ0v) is 10.1. The van der Waals surface area contributed by atoms with E-state index >= 15 is 0 Å². The predicted octanol–water partition coefficient (Wildman–Crippen LogP) is 1.42. The third-order valence-electron chi connectivity index (χ3n) is 3.42. The number of rotatable bonds is 1. The van der Waals surface area contributed by atoms with E-state index in [2.05, 4.69) is 35.8 Å². The Labute approximate surface area is 91.8 Å². The van der Waals surface area contributed by atoms with Crippen molar-refractivity contribution >= 4 is 11.8 Å². The van der Waals surface area contributed by atoms with Crippen LogP contribution in [0.15, 0.2) is 0 Å². The summed E-state index contributed by atoms with van der Waals surface area (Å²) in [6.45, 7) is 9.68. The number of nitrogens with zero attached hydrogens (tertiary/aromatic N) is 1. The van der Waals surface area contributed by atoms with Gasteiger partial charge in [0.15, 0.2) is 0 Å². The summed E-state index contributed by atoms with van der Waals surface area (Å²) in [6, 6.07) is 0.849. The Balaban J connectivity index is 1.94. The fraction of sp³-hybridized carbons (Fsp3) is 1.00. The SMILES string of the molecule is CC1CNCCN(C2CCSC2C)C1. The van der Waals surface area contributed by atoms with Crippen molar-refractivity contribution in [2.75, 3.05) is 31.9 Å². The Morgan fingerprint density at radius 2 is 2.21 bits per heavy atom. The van der Waals surface area contributed by atoms with Crippen molar-refractivity contribution in [3.05, 3.63) is 0 Å². The molecule has 2 aliphatic rings. The molecule has 0 amide bonds. The number of hydrogen-bond acceptors (Lipinski definition) is 3. The smallest absolute Gasteiger partial charge is 0.0220 e. The summed E-state index contributed by atoms with van der Waals surface area (Å²) in [6.07, 6.45) is 1.40. The van der Waals surface area contributed by atoms with Crippen molar-refractivity contribution in [3.63, 3.8) is 0 Å². The van der Waals surface area contributed by atoms with Gasteiger partial charge in [0.05, 0.1) is 0 Å². The van der Waals surface area contributed by atoms with Crippen molar-refractivity contribution in [1.82, 2.24) is 10.2 Å². The molecule has 2 saturated heterocycles. The average molecular weight is 214 g/mol. The molecule has 2 nitrogen and oxygen atoms in total. The molecule has 3 heteroatoms. The van der Waals surface area contributed by atoms with Gasteiger partial charge in [0.2, 0.25) is 0 Å². The average Bonchev–Trinajstić information content (AvgIpc) is 2.45. The molecule has 3 unspecified atom stereocenters. The summed E-state index contributed by atoms with van der Waals surface area (Å²) in [5, 5.41) is 4.36. The quantitative estimate of drug-likeness (QED) is 0.711. The van der Waals surface area contributed by atoms with Crippen LogP contribution in [0.5, 0.6) is 0 Å². The Kier molecular flexibility index (Phi) is 3.74. The first kappa shape index (κ1) is 10.8. The minimum atomic E-state index is 0.815. The van der Waals surface area contributed by atoms with E-state index < -0.39 is 0 Å². The van der Waals surface area contributed by atoms with E-state index in [1.54, 1.807) is 0 Å². The van der Waals surface area contributed by atoms with Crippen LogP contribution in [-0.4, -0.2) is 48.1 Å². The van der Waals surface area contributed by atoms with Gasteiger partial charge >= 0.3 is 0 Å². The van der Waals surface area contributed by atoms with Gasteiger partial charge in [-0.3, -0.25) is 4.90 Å². The second kappa shape index (κ2) is 4.86. The molecule has 1 N–H and O–H groups in total. The fourth-order valence-corrected chi connectivity index (χ4v) is 3.91. The van der Waals surface area contributed by atoms with Crippen molar-refractivity contribution in [3.8, 4) is 0 Å². The molecule has 2 aliphatic heterocycles. The highest BCUT2D eigenvalue weighted by Gasteiger charge is 2.30. The van der Waals surface area contributed by atoms with E-state index in [9.17, 15) is 0 Å². The van der Waals surface area contributed by atoms with Gasteiger partial charge in [-0.05, 0) is 24.6 Å². The Morgan fingerprint density at radius 3 is 2.93 bits per heavy atom. The lowest BCUT2D eigenvalue weighted by molar-refractivity contribution is 0.191. The van der Waals surface area contributed by atoms with Gasteiger partial charge in [-0.15, -0.1) is 0 Å². The number of thioether (sulfide) groups is 1. The maximum Gasteiger partial charge on any atom is 0.0220 e. The summed E-state index contributed by atoms with van der Waals surface area (Å²) in [5.41, 5.74) is 0. The molecule has 2 fully saturated rings. The van der Waals surface area contributed by atoms with Crippen LogP contribution >= 0.6 is 11.8 Å². The summed E-state index contributed by atoms with van der Waals surface area (Å²) >= 11 is 2.14. The number of nitrogens with one attached hydrogen (secondary N) is 1. The van der Waals surface area contributed by atoms with E-state index in [0.29, 0.717) is 0 Å². The molecule has 0 saturated carbocycles. The summed E-state index contributed by atoms with van der Waals surface area (Å²) < 4.78 is 0. The molecule has 3 atom stereocenters. The molecule has 0 aromatic carbocycles. The topological polar surface area (TPSA) is 15.3 Å². The van der Waals surface area contributed by atoms with Crippen LogP contribution in [0.2, 0.25) is 0 Å². The van der Waals surface area contributed by atoms with E-state index in [-0.39, 0.29) is 0 Å². The minimum absolute atomic E-state index is 0.815. The van der Waals surface area contributed by atoms with Crippen LogP contribution in [0.1, 0.15) is 20.3 Å². The second-order valence-corrected chi connectivity index (χ2v) is 6.22. The lowest BCUT2D eigenvalue weighted by Crippen LogP contribution is -2.41. The van der Waals surface area contributed by atoms with E-state index in [0.717, 1.165) is 17.2 Å². The van der Waals surface area contributed by atoms with Crippen LogP contribution in [-0.2, 0) is 0 Å². The normalized spacial score (nSPS) is 41.1. The molecule has 0 radical (unpaired) electrons. The molecule has 0 spiro atoms. The van der Waals surface area contributed by atoms with E-state index in [1.165, 1.54) is 38.4 Å². The van der Waals surface area contributed by atoms with Gasteiger partial charge in [0, 0.05) is 30.9 Å². The first-order valence-electron chi connectivity index (χ1n) is 5.83. The van der Waals surface area contributed by atoms with Gasteiger partial charge in [0.25, 0.3) is 0 Å². The summed E-state index contributed by atoms with van der Waals surface area (Å²) in [4.78, 5) is 2.72. The predicted molar refractivity (Wildman–Crippen MR) is 63.9 cm³/mol. The molecule has 0 aromatic rings. The van der Waals surface area contributed by atoms with Crippen molar-refractivity contribution in [1.29, 1.82) is 0 Å². The third-order valence-corrected chi connectivity index (χ3v) is 4.73. The summed E-state index contributed by atoms with van der Waals surface area (Å²) in [5.74, 6) is 2.18. The van der Waals surface area contributed by atoms with E-state index in [1.807, 2.05) is 0 Å². The zero-order valence-electron chi connectivity index (χ0n) is 9.33. The molecule has 14 heavy (non-hydrogen) atoms. The standard InChI is InChI=1S/C11H22N2S/c1-9-7-12-4-5-13(8-9)11-3-6-14-10(11)2/h9-12H,3-8H2,1-2H3. The minimum Gasteiger partial charge on any atom is -0.315 e. The van der Waals surface area contributed by atoms with Gasteiger partial charge in [-0.25, -0.2) is 0 Å². The lowest BCUT2D eigenvalue weighted by atomic mass is 10.1. The third kappa shape index (κ3) is 2.44. The molecule has 2 heterocycles. The maximum atomic E-state index is 3.52. The van der Waals surface area contributed by atoms with Gasteiger partial charge in [0.1, 0.15) is 0 Å². The molecular weight excluding hydrogens is 192 g/mol. The molecule has 0 aliphatic carbocycles. The molecule has 0 bridgehead atoms. The molecular formula is C11H22N2S. The zero-order chi connectivity index (χ0) is 9.97.